The smallest absolute Gasteiger partial charge is 0.407 e. The number of imidazole rings is 2. The Morgan fingerprint density at radius 3 is 2.50 bits per heavy atom. The van der Waals surface area contributed by atoms with Crippen LogP contribution >= 0.6 is 0 Å². The molecule has 2 unspecified atom stereocenters. The maximum Gasteiger partial charge on any atom is 0.407 e. The van der Waals surface area contributed by atoms with Crippen LogP contribution in [0.5, 0.6) is 5.75 Å². The third kappa shape index (κ3) is 5.74. The van der Waals surface area contributed by atoms with Crippen molar-refractivity contribution in [2.45, 2.75) is 103 Å². The van der Waals surface area contributed by atoms with Crippen molar-refractivity contribution in [2.24, 2.45) is 0 Å². The second-order valence-corrected chi connectivity index (χ2v) is 14.5. The van der Waals surface area contributed by atoms with Gasteiger partial charge < -0.3 is 34.6 Å². The lowest BCUT2D eigenvalue weighted by Gasteiger charge is -2.30. The van der Waals surface area contributed by atoms with Gasteiger partial charge >= 0.3 is 6.09 Å². The standard InChI is InChI=1S/C40H45N7O5/c1-6-7-35(48)46-21(2)8-15-33(46)38-43-30-13-11-24-17-29-27-12-10-25(16-26(27)20-52-34(29)18-28(24)36(30)45-38)31-19-41-37(44-31)32-14-9-22(3)47(32)39(49)23(4)42-40(50)51-5/h10-13,16-19,21-23,32-33H,6-9,14-15,20H2,1-5H3,(H,41,44)(H,42,50)(H,43,45)/t21-,22-,23-,32?,33?/m0/s1. The molecule has 3 aliphatic heterocycles. The van der Waals surface area contributed by atoms with Crippen molar-refractivity contribution in [1.82, 2.24) is 35.1 Å². The van der Waals surface area contributed by atoms with Crippen LogP contribution in [0.2, 0.25) is 0 Å². The molecular weight excluding hydrogens is 658 g/mol. The van der Waals surface area contributed by atoms with Crippen molar-refractivity contribution in [3.63, 3.8) is 0 Å². The van der Waals surface area contributed by atoms with Crippen LogP contribution in [0.15, 0.2) is 48.7 Å². The zero-order chi connectivity index (χ0) is 36.3. The van der Waals surface area contributed by atoms with Gasteiger partial charge in [0.25, 0.3) is 0 Å². The summed E-state index contributed by atoms with van der Waals surface area (Å²) in [4.78, 5) is 58.8. The average molecular weight is 704 g/mol. The Kier molecular flexibility index (Phi) is 8.63. The van der Waals surface area contributed by atoms with E-state index in [0.717, 1.165) is 99.3 Å². The zero-order valence-electron chi connectivity index (χ0n) is 30.3. The molecule has 0 bridgehead atoms. The summed E-state index contributed by atoms with van der Waals surface area (Å²) in [6.07, 6.45) is 6.06. The van der Waals surface area contributed by atoms with Crippen molar-refractivity contribution in [3.8, 4) is 28.1 Å². The van der Waals surface area contributed by atoms with Crippen LogP contribution < -0.4 is 10.1 Å². The summed E-state index contributed by atoms with van der Waals surface area (Å²) < 4.78 is 11.1. The van der Waals surface area contributed by atoms with Crippen molar-refractivity contribution in [3.05, 3.63) is 65.9 Å². The van der Waals surface area contributed by atoms with Crippen LogP contribution in [0.3, 0.4) is 0 Å². The highest BCUT2D eigenvalue weighted by molar-refractivity contribution is 6.07. The third-order valence-corrected chi connectivity index (χ3v) is 11.1. The summed E-state index contributed by atoms with van der Waals surface area (Å²) in [5, 5.41) is 4.72. The Morgan fingerprint density at radius 2 is 1.73 bits per heavy atom. The average Bonchev–Trinajstić information content (AvgIpc) is 3.96. The molecule has 2 aromatic heterocycles. The van der Waals surface area contributed by atoms with Crippen LogP contribution in [0.25, 0.3) is 44.2 Å². The van der Waals surface area contributed by atoms with Crippen LogP contribution in [-0.2, 0) is 20.9 Å². The predicted molar refractivity (Wildman–Crippen MR) is 197 cm³/mol. The Bertz CT molecular complexity index is 2210. The highest BCUT2D eigenvalue weighted by atomic mass is 16.5. The van der Waals surface area contributed by atoms with E-state index >= 15 is 0 Å². The quantitative estimate of drug-likeness (QED) is 0.161. The number of likely N-dealkylation sites (tertiary alicyclic amines) is 2. The monoisotopic (exact) mass is 703 g/mol. The number of aromatic amines is 2. The van der Waals surface area contributed by atoms with Crippen LogP contribution in [-0.4, -0.2) is 72.9 Å². The fourth-order valence-corrected chi connectivity index (χ4v) is 8.45. The summed E-state index contributed by atoms with van der Waals surface area (Å²) in [6.45, 7) is 8.29. The molecule has 3 aromatic carbocycles. The Balaban J connectivity index is 1.06. The molecule has 0 saturated carbocycles. The van der Waals surface area contributed by atoms with Crippen molar-refractivity contribution >= 4 is 39.7 Å². The maximum absolute atomic E-state index is 13.4. The number of carbonyl (C=O) groups is 3. The van der Waals surface area contributed by atoms with Gasteiger partial charge in [-0.25, -0.2) is 14.8 Å². The third-order valence-electron chi connectivity index (χ3n) is 11.1. The lowest BCUT2D eigenvalue weighted by molar-refractivity contribution is -0.136. The second-order valence-electron chi connectivity index (χ2n) is 14.5. The molecule has 8 rings (SSSR count). The van der Waals surface area contributed by atoms with E-state index in [1.54, 1.807) is 6.92 Å². The highest BCUT2D eigenvalue weighted by Gasteiger charge is 2.39. The van der Waals surface area contributed by atoms with Gasteiger partial charge in [0.1, 0.15) is 30.0 Å². The number of nitrogens with zero attached hydrogens (tertiary/aromatic N) is 4. The summed E-state index contributed by atoms with van der Waals surface area (Å²) in [5.41, 5.74) is 6.92. The number of methoxy groups -OCH3 is 1. The maximum atomic E-state index is 13.4. The first kappa shape index (κ1) is 33.7. The van der Waals surface area contributed by atoms with Gasteiger partial charge in [-0.05, 0) is 99.2 Å². The van der Waals surface area contributed by atoms with Crippen LogP contribution in [0.4, 0.5) is 4.79 Å². The first-order valence-electron chi connectivity index (χ1n) is 18.4. The lowest BCUT2D eigenvalue weighted by Crippen LogP contribution is -2.48. The van der Waals surface area contributed by atoms with Gasteiger partial charge in [-0.1, -0.05) is 25.1 Å². The number of hydrogen-bond donors (Lipinski definition) is 3. The van der Waals surface area contributed by atoms with Crippen molar-refractivity contribution in [2.75, 3.05) is 7.11 Å². The van der Waals surface area contributed by atoms with Gasteiger partial charge in [-0.2, -0.15) is 0 Å². The number of hydrogen-bond acceptors (Lipinski definition) is 7. The first-order chi connectivity index (χ1) is 25.1. The fourth-order valence-electron chi connectivity index (χ4n) is 8.45. The molecule has 52 heavy (non-hydrogen) atoms. The largest absolute Gasteiger partial charge is 0.488 e. The molecule has 5 atom stereocenters. The number of amides is 3. The second kappa shape index (κ2) is 13.3. The van der Waals surface area contributed by atoms with Crippen molar-refractivity contribution < 1.29 is 23.9 Å². The van der Waals surface area contributed by atoms with Gasteiger partial charge in [0.15, 0.2) is 0 Å². The molecule has 12 heteroatoms. The minimum atomic E-state index is -0.720. The number of benzene rings is 3. The number of alkyl carbamates (subject to hydrolysis) is 1. The molecule has 270 valence electrons. The number of fused-ring (bicyclic) bond motifs is 6. The SMILES string of the molecule is CCCC(=O)N1C(c2nc3ccc4cc5c(cc4c3[nH]2)OCc2cc(-c3cnc(C4CC[C@H](C)N4C(=O)[C@H](C)NC(=O)OC)[nH]3)ccc2-5)CC[C@@H]1C. The molecule has 12 nitrogen and oxygen atoms in total. The van der Waals surface area contributed by atoms with Gasteiger partial charge in [-0.3, -0.25) is 9.59 Å². The van der Waals surface area contributed by atoms with Crippen LogP contribution in [0.1, 0.15) is 95.5 Å². The van der Waals surface area contributed by atoms with E-state index in [2.05, 4.69) is 64.7 Å². The molecule has 2 fully saturated rings. The predicted octanol–water partition coefficient (Wildman–Crippen LogP) is 7.31. The highest BCUT2D eigenvalue weighted by Crippen LogP contribution is 2.44. The van der Waals surface area contributed by atoms with E-state index in [-0.39, 0.29) is 36.0 Å². The molecule has 3 amide bonds. The molecule has 2 saturated heterocycles. The van der Waals surface area contributed by atoms with Gasteiger partial charge in [0, 0.05) is 29.5 Å². The number of H-pyrrole nitrogens is 2. The van der Waals surface area contributed by atoms with Gasteiger partial charge in [0.05, 0.1) is 42.1 Å². The number of carbonyl (C=O) groups excluding carboxylic acids is 3. The first-order valence-corrected chi connectivity index (χ1v) is 18.4. The topological polar surface area (TPSA) is 146 Å². The summed E-state index contributed by atoms with van der Waals surface area (Å²) >= 11 is 0. The van der Waals surface area contributed by atoms with Crippen molar-refractivity contribution in [1.29, 1.82) is 0 Å². The Hall–Kier alpha value is -5.39. The molecule has 3 aliphatic rings. The summed E-state index contributed by atoms with van der Waals surface area (Å²) in [5.74, 6) is 2.42. The number of ether oxygens (including phenoxy) is 2. The molecular formula is C40H45N7O5. The molecule has 0 aliphatic carbocycles. The van der Waals surface area contributed by atoms with E-state index in [1.807, 2.05) is 29.8 Å². The number of aromatic nitrogens is 4. The van der Waals surface area contributed by atoms with Gasteiger partial charge in [0.2, 0.25) is 11.8 Å². The minimum absolute atomic E-state index is 0.0131. The number of nitrogens with one attached hydrogen (secondary N) is 3. The lowest BCUT2D eigenvalue weighted by atomic mass is 9.92. The molecule has 3 N–H and O–H groups in total. The van der Waals surface area contributed by atoms with E-state index in [4.69, 9.17) is 19.4 Å². The Labute approximate surface area is 302 Å². The van der Waals surface area contributed by atoms with E-state index in [9.17, 15) is 14.4 Å². The molecule has 0 radical (unpaired) electrons. The van der Waals surface area contributed by atoms with Crippen LogP contribution in [0, 0.1) is 0 Å². The number of rotatable bonds is 7. The summed E-state index contributed by atoms with van der Waals surface area (Å²) in [7, 11) is 1.28. The fraction of sp³-hybridized carbons (Fsp3) is 0.425. The zero-order valence-corrected chi connectivity index (χ0v) is 30.3. The van der Waals surface area contributed by atoms with Gasteiger partial charge in [-0.15, -0.1) is 0 Å². The van der Waals surface area contributed by atoms with E-state index in [1.165, 1.54) is 7.11 Å². The Morgan fingerprint density at radius 1 is 0.962 bits per heavy atom. The normalized spacial score (nSPS) is 21.6. The van der Waals surface area contributed by atoms with E-state index in [0.29, 0.717) is 13.0 Å². The molecule has 5 aromatic rings. The summed E-state index contributed by atoms with van der Waals surface area (Å²) in [6, 6.07) is 14.1. The van der Waals surface area contributed by atoms with E-state index < -0.39 is 12.1 Å². The molecule has 0 spiro atoms. The minimum Gasteiger partial charge on any atom is -0.488 e. The molecule has 5 heterocycles.